The molecule has 0 radical (unpaired) electrons. The Kier molecular flexibility index (Phi) is 8.53. The number of pyridine rings is 1. The Morgan fingerprint density at radius 2 is 1.50 bits per heavy atom. The van der Waals surface area contributed by atoms with Gasteiger partial charge in [0.05, 0.1) is 13.0 Å². The Hall–Kier alpha value is -4.07. The van der Waals surface area contributed by atoms with Crippen LogP contribution in [0.3, 0.4) is 0 Å². The van der Waals surface area contributed by atoms with E-state index in [1.165, 1.54) is 40.1 Å². The Morgan fingerprint density at radius 1 is 0.944 bits per heavy atom. The van der Waals surface area contributed by atoms with Crippen LogP contribution in [0.4, 0.5) is 4.39 Å². The van der Waals surface area contributed by atoms with Crippen molar-refractivity contribution in [3.05, 3.63) is 89.7 Å². The van der Waals surface area contributed by atoms with Crippen LogP contribution < -0.4 is 9.47 Å². The number of Topliss-reactive ketones (excluding diaryl/α,β-unsaturated/α-hetero) is 1. The number of hydrogen-bond acceptors (Lipinski definition) is 7. The summed E-state index contributed by atoms with van der Waals surface area (Å²) in [5, 5.41) is 0. The van der Waals surface area contributed by atoms with E-state index in [1.54, 1.807) is 60.7 Å². The Morgan fingerprint density at radius 3 is 2.00 bits per heavy atom. The van der Waals surface area contributed by atoms with Crippen LogP contribution in [0.5, 0.6) is 11.5 Å². The highest BCUT2D eigenvalue weighted by molar-refractivity contribution is 5.99. The number of hydrogen-bond donors (Lipinski definition) is 0. The number of nitrogens with zero attached hydrogens (tertiary/aromatic N) is 1. The van der Waals surface area contributed by atoms with Gasteiger partial charge >= 0.3 is 11.9 Å². The highest BCUT2D eigenvalue weighted by Gasteiger charge is 2.43. The summed E-state index contributed by atoms with van der Waals surface area (Å²) < 4.78 is 32.5. The molecule has 0 saturated carbocycles. The zero-order valence-electron chi connectivity index (χ0n) is 20.6. The molecule has 36 heavy (non-hydrogen) atoms. The number of alkyl halides is 1. The lowest BCUT2D eigenvalue weighted by Crippen LogP contribution is -2.39. The molecule has 0 saturated heterocycles. The number of ether oxygens (including phenoxy) is 3. The van der Waals surface area contributed by atoms with Crippen molar-refractivity contribution in [2.24, 2.45) is 5.92 Å². The first-order valence-electron chi connectivity index (χ1n) is 11.4. The molecule has 0 fully saturated rings. The van der Waals surface area contributed by atoms with E-state index in [2.05, 4.69) is 4.98 Å². The summed E-state index contributed by atoms with van der Waals surface area (Å²) in [5.74, 6) is -2.85. The number of benzene rings is 2. The van der Waals surface area contributed by atoms with Gasteiger partial charge in [0.1, 0.15) is 6.10 Å². The van der Waals surface area contributed by atoms with Crippen molar-refractivity contribution in [1.29, 1.82) is 0 Å². The van der Waals surface area contributed by atoms with Crippen molar-refractivity contribution >= 4 is 17.7 Å². The van der Waals surface area contributed by atoms with E-state index >= 15 is 4.39 Å². The van der Waals surface area contributed by atoms with Crippen LogP contribution in [-0.4, -0.2) is 35.9 Å². The molecule has 0 bridgehead atoms. The molecule has 2 atom stereocenters. The fourth-order valence-corrected chi connectivity index (χ4v) is 3.86. The lowest BCUT2D eigenvalue weighted by atomic mass is 9.84. The molecule has 0 unspecified atom stereocenters. The van der Waals surface area contributed by atoms with Gasteiger partial charge in [-0.1, -0.05) is 67.6 Å². The van der Waals surface area contributed by atoms with E-state index < -0.39 is 35.4 Å². The number of aromatic nitrogens is 1. The second kappa shape index (κ2) is 11.6. The molecule has 7 nitrogen and oxygen atoms in total. The maximum Gasteiger partial charge on any atom is 0.309 e. The van der Waals surface area contributed by atoms with Gasteiger partial charge in [-0.3, -0.25) is 14.4 Å². The second-order valence-corrected chi connectivity index (χ2v) is 8.34. The molecule has 2 aromatic carbocycles. The first-order chi connectivity index (χ1) is 17.2. The summed E-state index contributed by atoms with van der Waals surface area (Å²) >= 11 is 0. The van der Waals surface area contributed by atoms with Crippen LogP contribution in [-0.2, 0) is 20.0 Å². The van der Waals surface area contributed by atoms with Gasteiger partial charge in [0.25, 0.3) is 0 Å². The maximum atomic E-state index is 16.6. The lowest BCUT2D eigenvalue weighted by Gasteiger charge is -2.32. The third-order valence-corrected chi connectivity index (χ3v) is 5.73. The van der Waals surface area contributed by atoms with Crippen LogP contribution in [0, 0.1) is 5.92 Å². The van der Waals surface area contributed by atoms with Gasteiger partial charge in [0, 0.05) is 25.6 Å². The number of ketones is 1. The zero-order valence-corrected chi connectivity index (χ0v) is 20.6. The van der Waals surface area contributed by atoms with E-state index in [0.29, 0.717) is 11.1 Å². The Bertz CT molecular complexity index is 1180. The first-order valence-corrected chi connectivity index (χ1v) is 11.4. The monoisotopic (exact) mass is 493 g/mol. The third kappa shape index (κ3) is 5.76. The summed E-state index contributed by atoms with van der Waals surface area (Å²) in [7, 11) is 1.36. The topological polar surface area (TPSA) is 91.8 Å². The van der Waals surface area contributed by atoms with Crippen LogP contribution in [0.25, 0.3) is 0 Å². The van der Waals surface area contributed by atoms with Crippen LogP contribution in [0.2, 0.25) is 0 Å². The molecule has 188 valence electrons. The second-order valence-electron chi connectivity index (χ2n) is 8.34. The minimum atomic E-state index is -2.11. The van der Waals surface area contributed by atoms with Crippen molar-refractivity contribution in [3.8, 4) is 11.5 Å². The fourth-order valence-electron chi connectivity index (χ4n) is 3.86. The normalized spacial score (nSPS) is 12.8. The van der Waals surface area contributed by atoms with Crippen molar-refractivity contribution < 1.29 is 33.0 Å². The standard InChI is InChI=1S/C28H28FNO6/c1-18(17-23(32)25-26(36-20(3)31)24(34-4)15-16-30-25)27(33)35-19(2)28(29,21-11-7-5-8-12-21)22-13-9-6-10-14-22/h5-16,18-19H,17H2,1-4H3/t18-,19+/m1/s1. The largest absolute Gasteiger partial charge is 0.493 e. The molecule has 0 aliphatic carbocycles. The lowest BCUT2D eigenvalue weighted by molar-refractivity contribution is -0.159. The number of methoxy groups -OCH3 is 1. The number of carbonyl (C=O) groups is 3. The zero-order chi connectivity index (χ0) is 26.3. The quantitative estimate of drug-likeness (QED) is 0.288. The van der Waals surface area contributed by atoms with E-state index in [4.69, 9.17) is 14.2 Å². The van der Waals surface area contributed by atoms with Crippen molar-refractivity contribution in [2.45, 2.75) is 39.0 Å². The predicted molar refractivity (Wildman–Crippen MR) is 131 cm³/mol. The summed E-state index contributed by atoms with van der Waals surface area (Å²) in [5.41, 5.74) is -1.58. The average molecular weight is 494 g/mol. The SMILES string of the molecule is COc1ccnc(C(=O)C[C@@H](C)C(=O)O[C@@H](C)C(F)(c2ccccc2)c2ccccc2)c1OC(C)=O. The molecular formula is C28H28FNO6. The molecule has 0 aliphatic rings. The van der Waals surface area contributed by atoms with E-state index in [1.807, 2.05) is 0 Å². The highest BCUT2D eigenvalue weighted by atomic mass is 19.1. The van der Waals surface area contributed by atoms with E-state index in [9.17, 15) is 14.4 Å². The minimum Gasteiger partial charge on any atom is -0.493 e. The van der Waals surface area contributed by atoms with Gasteiger partial charge in [0.15, 0.2) is 22.9 Å². The first kappa shape index (κ1) is 26.5. The fraction of sp³-hybridized carbons (Fsp3) is 0.286. The van der Waals surface area contributed by atoms with Crippen LogP contribution in [0.1, 0.15) is 48.8 Å². The average Bonchev–Trinajstić information content (AvgIpc) is 2.88. The van der Waals surface area contributed by atoms with Gasteiger partial charge in [-0.15, -0.1) is 0 Å². The molecule has 0 aliphatic heterocycles. The Labute approximate surface area is 209 Å². The van der Waals surface area contributed by atoms with Crippen LogP contribution in [0.15, 0.2) is 72.9 Å². The Balaban J connectivity index is 1.80. The van der Waals surface area contributed by atoms with Crippen LogP contribution >= 0.6 is 0 Å². The maximum absolute atomic E-state index is 16.6. The van der Waals surface area contributed by atoms with E-state index in [0.717, 1.165) is 0 Å². The molecule has 1 aromatic heterocycles. The van der Waals surface area contributed by atoms with Gasteiger partial charge in [-0.2, -0.15) is 0 Å². The number of esters is 2. The van der Waals surface area contributed by atoms with Crippen molar-refractivity contribution in [3.63, 3.8) is 0 Å². The predicted octanol–water partition coefficient (Wildman–Crippen LogP) is 5.07. The molecule has 0 spiro atoms. The van der Waals surface area contributed by atoms with Gasteiger partial charge in [0.2, 0.25) is 5.75 Å². The van der Waals surface area contributed by atoms with Crippen molar-refractivity contribution in [2.75, 3.05) is 7.11 Å². The molecule has 3 rings (SSSR count). The molecule has 1 heterocycles. The minimum absolute atomic E-state index is 0.123. The molecule has 0 amide bonds. The third-order valence-electron chi connectivity index (χ3n) is 5.73. The number of rotatable bonds is 10. The summed E-state index contributed by atoms with van der Waals surface area (Å²) in [6.07, 6.45) is -0.157. The van der Waals surface area contributed by atoms with Crippen molar-refractivity contribution in [1.82, 2.24) is 4.98 Å². The molecule has 8 heteroatoms. The van der Waals surface area contributed by atoms with Gasteiger partial charge in [-0.25, -0.2) is 9.37 Å². The molecule has 3 aromatic rings. The number of carbonyl (C=O) groups excluding carboxylic acids is 3. The van der Waals surface area contributed by atoms with Gasteiger partial charge in [-0.05, 0) is 18.1 Å². The summed E-state index contributed by atoms with van der Waals surface area (Å²) in [6, 6.07) is 18.4. The summed E-state index contributed by atoms with van der Waals surface area (Å²) in [4.78, 5) is 41.4. The molecular weight excluding hydrogens is 465 g/mol. The number of halogens is 1. The summed E-state index contributed by atoms with van der Waals surface area (Å²) in [6.45, 7) is 4.17. The smallest absolute Gasteiger partial charge is 0.309 e. The molecule has 0 N–H and O–H groups in total. The van der Waals surface area contributed by atoms with Gasteiger partial charge < -0.3 is 14.2 Å². The van der Waals surface area contributed by atoms with E-state index in [-0.39, 0.29) is 23.6 Å². The highest BCUT2D eigenvalue weighted by Crippen LogP contribution is 2.39.